The van der Waals surface area contributed by atoms with Crippen LogP contribution >= 0.6 is 28.1 Å². The molecule has 0 spiro atoms. The van der Waals surface area contributed by atoms with Crippen LogP contribution in [0.2, 0.25) is 0 Å². The normalized spacial score (nSPS) is 24.9. The zero-order valence-electron chi connectivity index (χ0n) is 10.9. The van der Waals surface area contributed by atoms with Gasteiger partial charge in [-0.05, 0) is 42.8 Å². The Morgan fingerprint density at radius 1 is 1.60 bits per heavy atom. The van der Waals surface area contributed by atoms with Crippen molar-refractivity contribution < 1.29 is 9.18 Å². The Balaban J connectivity index is 2.40. The van der Waals surface area contributed by atoms with Crippen LogP contribution in [-0.2, 0) is 10.2 Å². The lowest BCUT2D eigenvalue weighted by Gasteiger charge is -2.45. The number of hydrogen-bond donors (Lipinski definition) is 2. The van der Waals surface area contributed by atoms with Gasteiger partial charge in [-0.2, -0.15) is 0 Å². The maximum Gasteiger partial charge on any atom is 0.254 e. The Kier molecular flexibility index (Phi) is 4.41. The summed E-state index contributed by atoms with van der Waals surface area (Å²) < 4.78 is 14.3. The van der Waals surface area contributed by atoms with E-state index in [4.69, 9.17) is 18.0 Å². The molecule has 1 aromatic carbocycles. The van der Waals surface area contributed by atoms with Crippen molar-refractivity contribution in [2.24, 2.45) is 5.73 Å². The lowest BCUT2D eigenvalue weighted by molar-refractivity contribution is -0.141. The third-order valence-electron chi connectivity index (χ3n) is 3.57. The van der Waals surface area contributed by atoms with E-state index in [1.165, 1.54) is 0 Å². The van der Waals surface area contributed by atoms with E-state index in [9.17, 15) is 9.18 Å². The Hall–Kier alpha value is -1.05. The fraction of sp³-hybridized carbons (Fsp3) is 0.385. The van der Waals surface area contributed by atoms with Crippen molar-refractivity contribution in [3.8, 4) is 0 Å². The van der Waals surface area contributed by atoms with Gasteiger partial charge in [-0.15, -0.1) is 0 Å². The third kappa shape index (κ3) is 2.57. The van der Waals surface area contributed by atoms with Crippen molar-refractivity contribution in [1.29, 1.82) is 0 Å². The summed E-state index contributed by atoms with van der Waals surface area (Å²) in [4.78, 5) is 12.7. The molecule has 0 atom stereocenters. The Bertz CT molecular complexity index is 548. The molecule has 108 valence electrons. The summed E-state index contributed by atoms with van der Waals surface area (Å²) in [7, 11) is 1.55. The van der Waals surface area contributed by atoms with Gasteiger partial charge in [0.25, 0.3) is 5.91 Å². The molecular formula is C13H15BrFN3OS. The van der Waals surface area contributed by atoms with E-state index in [2.05, 4.69) is 21.4 Å². The fourth-order valence-corrected chi connectivity index (χ4v) is 3.12. The number of hydrogen-bond acceptors (Lipinski definition) is 3. The lowest BCUT2D eigenvalue weighted by Crippen LogP contribution is -2.60. The molecule has 20 heavy (non-hydrogen) atoms. The molecule has 0 heterocycles. The number of halogens is 2. The van der Waals surface area contributed by atoms with Crippen molar-refractivity contribution in [2.45, 2.75) is 24.4 Å². The molecule has 0 bridgehead atoms. The molecule has 2 rings (SSSR count). The topological polar surface area (TPSA) is 58.4 Å². The number of amides is 1. The van der Waals surface area contributed by atoms with E-state index in [-0.39, 0.29) is 23.9 Å². The minimum absolute atomic E-state index is 0.0748. The molecule has 1 amide bonds. The Morgan fingerprint density at radius 2 is 2.25 bits per heavy atom. The highest BCUT2D eigenvalue weighted by Gasteiger charge is 2.54. The van der Waals surface area contributed by atoms with Gasteiger partial charge in [0.15, 0.2) is 5.11 Å². The van der Waals surface area contributed by atoms with E-state index < -0.39 is 11.6 Å². The summed E-state index contributed by atoms with van der Waals surface area (Å²) in [6.45, 7) is 0. The fourth-order valence-electron chi connectivity index (χ4n) is 2.54. The van der Waals surface area contributed by atoms with Crippen molar-refractivity contribution in [1.82, 2.24) is 10.4 Å². The third-order valence-corrected chi connectivity index (χ3v) is 4.25. The van der Waals surface area contributed by atoms with Gasteiger partial charge in [0.05, 0.1) is 5.41 Å². The second-order valence-corrected chi connectivity index (χ2v) is 6.13. The highest BCUT2D eigenvalue weighted by molar-refractivity contribution is 9.10. The van der Waals surface area contributed by atoms with E-state index in [1.807, 2.05) is 24.3 Å². The summed E-state index contributed by atoms with van der Waals surface area (Å²) in [5.41, 5.74) is 8.05. The first-order chi connectivity index (χ1) is 9.40. The average Bonchev–Trinajstić information content (AvgIpc) is 2.34. The first-order valence-corrected chi connectivity index (χ1v) is 7.32. The number of carbonyl (C=O) groups is 1. The van der Waals surface area contributed by atoms with Gasteiger partial charge in [-0.1, -0.05) is 28.1 Å². The van der Waals surface area contributed by atoms with E-state index in [0.717, 1.165) is 15.0 Å². The quantitative estimate of drug-likeness (QED) is 0.640. The van der Waals surface area contributed by atoms with E-state index >= 15 is 0 Å². The molecule has 7 heteroatoms. The SMILES string of the molecule is CNN(C(=O)C1(c2cccc(Br)c2)CC(F)C1)C(N)=S. The monoisotopic (exact) mass is 359 g/mol. The predicted molar refractivity (Wildman–Crippen MR) is 82.6 cm³/mol. The molecule has 0 radical (unpaired) electrons. The van der Waals surface area contributed by atoms with Crippen molar-refractivity contribution in [2.75, 3.05) is 7.05 Å². The summed E-state index contributed by atoms with van der Waals surface area (Å²) in [6, 6.07) is 7.33. The highest BCUT2D eigenvalue weighted by Crippen LogP contribution is 2.47. The number of thiocarbonyl (C=S) groups is 1. The maximum absolute atomic E-state index is 13.5. The number of benzene rings is 1. The smallest absolute Gasteiger partial charge is 0.254 e. The number of nitrogens with one attached hydrogen (secondary N) is 1. The van der Waals surface area contributed by atoms with Crippen LogP contribution in [-0.4, -0.2) is 29.2 Å². The average molecular weight is 360 g/mol. The zero-order valence-corrected chi connectivity index (χ0v) is 13.3. The predicted octanol–water partition coefficient (Wildman–Crippen LogP) is 2.03. The van der Waals surface area contributed by atoms with Gasteiger partial charge >= 0.3 is 0 Å². The van der Waals surface area contributed by atoms with Crippen molar-refractivity contribution in [3.05, 3.63) is 34.3 Å². The van der Waals surface area contributed by atoms with E-state index in [1.54, 1.807) is 7.05 Å². The molecular weight excluding hydrogens is 345 g/mol. The largest absolute Gasteiger partial charge is 0.375 e. The second-order valence-electron chi connectivity index (χ2n) is 4.80. The lowest BCUT2D eigenvalue weighted by atomic mass is 9.62. The number of carbonyl (C=O) groups excluding carboxylic acids is 1. The molecule has 1 aliphatic carbocycles. The van der Waals surface area contributed by atoms with Gasteiger partial charge in [-0.25, -0.2) is 14.8 Å². The molecule has 0 aromatic heterocycles. The summed E-state index contributed by atoms with van der Waals surface area (Å²) in [5.74, 6) is -0.320. The van der Waals surface area contributed by atoms with Crippen LogP contribution in [0.15, 0.2) is 28.7 Å². The zero-order chi connectivity index (χ0) is 14.9. The molecule has 3 N–H and O–H groups in total. The number of nitrogens with zero attached hydrogens (tertiary/aromatic N) is 1. The van der Waals surface area contributed by atoms with Crippen LogP contribution in [0.25, 0.3) is 0 Å². The standard InChI is InChI=1S/C13H15BrFN3OS/c1-17-18(12(16)20)11(19)13(6-10(15)7-13)8-3-2-4-9(14)5-8/h2-5,10,17H,6-7H2,1H3,(H2,16,20). The molecule has 0 unspecified atom stereocenters. The highest BCUT2D eigenvalue weighted by atomic mass is 79.9. The molecule has 1 aromatic rings. The summed E-state index contributed by atoms with van der Waals surface area (Å²) >= 11 is 8.23. The van der Waals surface area contributed by atoms with Crippen LogP contribution in [0.4, 0.5) is 4.39 Å². The molecule has 1 saturated carbocycles. The van der Waals surface area contributed by atoms with Crippen molar-refractivity contribution >= 4 is 39.2 Å². The van der Waals surface area contributed by atoms with Crippen LogP contribution in [0.1, 0.15) is 18.4 Å². The molecule has 4 nitrogen and oxygen atoms in total. The molecule has 1 aliphatic rings. The number of hydrazine groups is 1. The summed E-state index contributed by atoms with van der Waals surface area (Å²) in [6.07, 6.45) is -0.699. The molecule has 0 saturated heterocycles. The van der Waals surface area contributed by atoms with Gasteiger partial charge in [0, 0.05) is 11.5 Å². The van der Waals surface area contributed by atoms with Gasteiger partial charge in [-0.3, -0.25) is 4.79 Å². The van der Waals surface area contributed by atoms with Crippen molar-refractivity contribution in [3.63, 3.8) is 0 Å². The van der Waals surface area contributed by atoms with Crippen LogP contribution in [0.3, 0.4) is 0 Å². The number of alkyl halides is 1. The minimum Gasteiger partial charge on any atom is -0.375 e. The van der Waals surface area contributed by atoms with Crippen LogP contribution < -0.4 is 11.2 Å². The summed E-state index contributed by atoms with van der Waals surface area (Å²) in [5, 5.41) is 1.02. The van der Waals surface area contributed by atoms with Gasteiger partial charge in [0.1, 0.15) is 6.17 Å². The first kappa shape index (κ1) is 15.3. The second kappa shape index (κ2) is 5.75. The van der Waals surface area contributed by atoms with Crippen LogP contribution in [0, 0.1) is 0 Å². The molecule has 1 fully saturated rings. The van der Waals surface area contributed by atoms with Gasteiger partial charge < -0.3 is 5.73 Å². The Morgan fingerprint density at radius 3 is 2.70 bits per heavy atom. The molecule has 0 aliphatic heterocycles. The maximum atomic E-state index is 13.5. The van der Waals surface area contributed by atoms with E-state index in [0.29, 0.717) is 0 Å². The van der Waals surface area contributed by atoms with Gasteiger partial charge in [0.2, 0.25) is 0 Å². The minimum atomic E-state index is -0.983. The number of rotatable bonds is 3. The first-order valence-electron chi connectivity index (χ1n) is 6.12. The number of nitrogens with two attached hydrogens (primary N) is 1. The van der Waals surface area contributed by atoms with Crippen LogP contribution in [0.5, 0.6) is 0 Å². The Labute approximate surface area is 130 Å².